The molecule has 2 N–H and O–H groups in total. The molecule has 0 saturated heterocycles. The van der Waals surface area contributed by atoms with Crippen LogP contribution in [0.2, 0.25) is 0 Å². The molecule has 0 aliphatic carbocycles. The van der Waals surface area contributed by atoms with Crippen molar-refractivity contribution >= 4 is 16.9 Å². The molecule has 1 aromatic carbocycles. The highest BCUT2D eigenvalue weighted by molar-refractivity contribution is 5.96. The molecule has 1 heterocycles. The van der Waals surface area contributed by atoms with E-state index in [0.717, 1.165) is 5.39 Å². The SMILES string of the molecule is CC(C)NC(=O)c1cc2ccccc2oc1=N. The first-order chi connectivity index (χ1) is 8.08. The first kappa shape index (κ1) is 11.4. The van der Waals surface area contributed by atoms with E-state index >= 15 is 0 Å². The van der Waals surface area contributed by atoms with Crippen LogP contribution in [0, 0.1) is 5.41 Å². The zero-order chi connectivity index (χ0) is 12.4. The Bertz CT molecular complexity index is 614. The Morgan fingerprint density at radius 1 is 1.35 bits per heavy atom. The summed E-state index contributed by atoms with van der Waals surface area (Å²) in [5.41, 5.74) is 0.762. The number of hydrogen-bond acceptors (Lipinski definition) is 3. The monoisotopic (exact) mass is 230 g/mol. The average molecular weight is 230 g/mol. The van der Waals surface area contributed by atoms with Crippen LogP contribution in [0.1, 0.15) is 24.2 Å². The van der Waals surface area contributed by atoms with Gasteiger partial charge in [0.1, 0.15) is 11.1 Å². The number of para-hydroxylation sites is 1. The lowest BCUT2D eigenvalue weighted by Gasteiger charge is -2.08. The van der Waals surface area contributed by atoms with Crippen molar-refractivity contribution in [2.75, 3.05) is 0 Å². The predicted octanol–water partition coefficient (Wildman–Crippen LogP) is 2.05. The standard InChI is InChI=1S/C13H14N2O2/c1-8(2)15-13(16)10-7-9-5-3-4-6-11(9)17-12(10)14/h3-8,14H,1-2H3,(H,15,16). The number of fused-ring (bicyclic) bond motifs is 1. The summed E-state index contributed by atoms with van der Waals surface area (Å²) in [5.74, 6) is -0.278. The topological polar surface area (TPSA) is 66.1 Å². The van der Waals surface area contributed by atoms with Crippen LogP contribution in [-0.4, -0.2) is 11.9 Å². The Morgan fingerprint density at radius 2 is 2.06 bits per heavy atom. The second-order valence-corrected chi connectivity index (χ2v) is 4.16. The van der Waals surface area contributed by atoms with Gasteiger partial charge in [0, 0.05) is 11.4 Å². The third-order valence-electron chi connectivity index (χ3n) is 2.34. The van der Waals surface area contributed by atoms with E-state index < -0.39 is 0 Å². The minimum absolute atomic E-state index is 0.0355. The number of carbonyl (C=O) groups is 1. The summed E-state index contributed by atoms with van der Waals surface area (Å²) in [6.07, 6.45) is 0. The molecule has 17 heavy (non-hydrogen) atoms. The lowest BCUT2D eigenvalue weighted by atomic mass is 10.1. The van der Waals surface area contributed by atoms with Gasteiger partial charge in [0.05, 0.1) is 0 Å². The maximum absolute atomic E-state index is 11.8. The fraction of sp³-hybridized carbons (Fsp3) is 0.231. The number of amides is 1. The van der Waals surface area contributed by atoms with E-state index in [1.165, 1.54) is 0 Å². The normalized spacial score (nSPS) is 10.8. The molecule has 2 aromatic rings. The molecule has 0 atom stereocenters. The minimum atomic E-state index is -0.278. The van der Waals surface area contributed by atoms with Gasteiger partial charge >= 0.3 is 0 Å². The van der Waals surface area contributed by atoms with Gasteiger partial charge in [-0.15, -0.1) is 0 Å². The first-order valence-electron chi connectivity index (χ1n) is 5.46. The number of hydrogen-bond donors (Lipinski definition) is 2. The Hall–Kier alpha value is -2.10. The molecule has 2 rings (SSSR count). The highest BCUT2D eigenvalue weighted by atomic mass is 16.3. The van der Waals surface area contributed by atoms with E-state index in [-0.39, 0.29) is 23.1 Å². The molecule has 0 aliphatic heterocycles. The Morgan fingerprint density at radius 3 is 2.76 bits per heavy atom. The van der Waals surface area contributed by atoms with Crippen molar-refractivity contribution < 1.29 is 9.21 Å². The van der Waals surface area contributed by atoms with Gasteiger partial charge in [-0.1, -0.05) is 18.2 Å². The van der Waals surface area contributed by atoms with Crippen LogP contribution in [0.25, 0.3) is 11.0 Å². The highest BCUT2D eigenvalue weighted by Crippen LogP contribution is 2.12. The van der Waals surface area contributed by atoms with Crippen LogP contribution in [0.3, 0.4) is 0 Å². The van der Waals surface area contributed by atoms with Crippen molar-refractivity contribution in [2.45, 2.75) is 19.9 Å². The van der Waals surface area contributed by atoms with E-state index in [1.807, 2.05) is 32.0 Å². The molecule has 0 spiro atoms. The van der Waals surface area contributed by atoms with Crippen molar-refractivity contribution in [3.05, 3.63) is 41.4 Å². The smallest absolute Gasteiger partial charge is 0.256 e. The zero-order valence-corrected chi connectivity index (χ0v) is 9.78. The van der Waals surface area contributed by atoms with Crippen LogP contribution < -0.4 is 10.9 Å². The van der Waals surface area contributed by atoms with Gasteiger partial charge in [-0.2, -0.15) is 0 Å². The van der Waals surface area contributed by atoms with Crippen molar-refractivity contribution in [1.29, 1.82) is 5.41 Å². The minimum Gasteiger partial charge on any atom is -0.438 e. The van der Waals surface area contributed by atoms with Gasteiger partial charge in [0.2, 0.25) is 5.55 Å². The largest absolute Gasteiger partial charge is 0.438 e. The van der Waals surface area contributed by atoms with Crippen LogP contribution >= 0.6 is 0 Å². The Kier molecular flexibility index (Phi) is 2.95. The van der Waals surface area contributed by atoms with E-state index in [1.54, 1.807) is 12.1 Å². The van der Waals surface area contributed by atoms with Crippen LogP contribution in [-0.2, 0) is 0 Å². The summed E-state index contributed by atoms with van der Waals surface area (Å²) in [6.45, 7) is 3.75. The van der Waals surface area contributed by atoms with E-state index in [4.69, 9.17) is 9.83 Å². The number of carbonyl (C=O) groups excluding carboxylic acids is 1. The summed E-state index contributed by atoms with van der Waals surface area (Å²) in [7, 11) is 0. The second-order valence-electron chi connectivity index (χ2n) is 4.16. The quantitative estimate of drug-likeness (QED) is 0.829. The fourth-order valence-corrected chi connectivity index (χ4v) is 1.59. The molecule has 0 saturated carbocycles. The van der Waals surface area contributed by atoms with Crippen LogP contribution in [0.15, 0.2) is 34.7 Å². The molecule has 1 amide bonds. The summed E-state index contributed by atoms with van der Waals surface area (Å²) < 4.78 is 5.30. The van der Waals surface area contributed by atoms with Crippen molar-refractivity contribution in [1.82, 2.24) is 5.32 Å². The van der Waals surface area contributed by atoms with Crippen molar-refractivity contribution in [3.8, 4) is 0 Å². The highest BCUT2D eigenvalue weighted by Gasteiger charge is 2.11. The van der Waals surface area contributed by atoms with Gasteiger partial charge in [0.15, 0.2) is 0 Å². The third-order valence-corrected chi connectivity index (χ3v) is 2.34. The Labute approximate surface area is 98.8 Å². The van der Waals surface area contributed by atoms with Gasteiger partial charge in [0.25, 0.3) is 5.91 Å². The molecule has 1 aromatic heterocycles. The van der Waals surface area contributed by atoms with Gasteiger partial charge in [-0.25, -0.2) is 0 Å². The van der Waals surface area contributed by atoms with Gasteiger partial charge in [-0.3, -0.25) is 10.2 Å². The van der Waals surface area contributed by atoms with Crippen LogP contribution in [0.4, 0.5) is 0 Å². The maximum atomic E-state index is 11.8. The summed E-state index contributed by atoms with van der Waals surface area (Å²) in [4.78, 5) is 11.8. The molecular formula is C13H14N2O2. The molecule has 0 fully saturated rings. The summed E-state index contributed by atoms with van der Waals surface area (Å²) in [6, 6.07) is 9.04. The molecule has 4 nitrogen and oxygen atoms in total. The zero-order valence-electron chi connectivity index (χ0n) is 9.78. The van der Waals surface area contributed by atoms with Crippen LogP contribution in [0.5, 0.6) is 0 Å². The molecule has 4 heteroatoms. The first-order valence-corrected chi connectivity index (χ1v) is 5.46. The predicted molar refractivity (Wildman–Crippen MR) is 64.7 cm³/mol. The van der Waals surface area contributed by atoms with E-state index in [9.17, 15) is 4.79 Å². The molecule has 0 bridgehead atoms. The molecular weight excluding hydrogens is 216 g/mol. The summed E-state index contributed by atoms with van der Waals surface area (Å²) in [5, 5.41) is 11.3. The lowest BCUT2D eigenvalue weighted by molar-refractivity contribution is 0.0939. The van der Waals surface area contributed by atoms with Gasteiger partial charge in [-0.05, 0) is 26.0 Å². The molecule has 0 radical (unpaired) electrons. The fourth-order valence-electron chi connectivity index (χ4n) is 1.59. The van der Waals surface area contributed by atoms with Crippen molar-refractivity contribution in [2.24, 2.45) is 0 Å². The second kappa shape index (κ2) is 4.41. The number of benzene rings is 1. The summed E-state index contributed by atoms with van der Waals surface area (Å²) >= 11 is 0. The van der Waals surface area contributed by atoms with E-state index in [0.29, 0.717) is 5.58 Å². The van der Waals surface area contributed by atoms with E-state index in [2.05, 4.69) is 5.32 Å². The lowest BCUT2D eigenvalue weighted by Crippen LogP contribution is -2.33. The Balaban J connectivity index is 2.51. The molecule has 0 aliphatic rings. The number of nitrogens with one attached hydrogen (secondary N) is 2. The molecule has 0 unspecified atom stereocenters. The number of rotatable bonds is 2. The van der Waals surface area contributed by atoms with Gasteiger partial charge < -0.3 is 9.73 Å². The average Bonchev–Trinajstić information content (AvgIpc) is 2.27. The molecule has 88 valence electrons. The maximum Gasteiger partial charge on any atom is 0.256 e. The van der Waals surface area contributed by atoms with Crippen molar-refractivity contribution in [3.63, 3.8) is 0 Å². The third kappa shape index (κ3) is 2.36.